The molecule has 20 heavy (non-hydrogen) atoms. The summed E-state index contributed by atoms with van der Waals surface area (Å²) in [5.74, 6) is 0. The van der Waals surface area contributed by atoms with Crippen molar-refractivity contribution in [1.29, 1.82) is 5.26 Å². The van der Waals surface area contributed by atoms with E-state index >= 15 is 0 Å². The largest absolute Gasteiger partial charge is 0.340 e. The second-order valence-corrected chi connectivity index (χ2v) is 5.21. The van der Waals surface area contributed by atoms with Crippen LogP contribution in [0, 0.1) is 18.3 Å². The number of nitriles is 1. The highest BCUT2D eigenvalue weighted by Gasteiger charge is 2.11. The first-order chi connectivity index (χ1) is 9.76. The monoisotopic (exact) mass is 328 g/mol. The van der Waals surface area contributed by atoms with Crippen molar-refractivity contribution in [2.24, 2.45) is 0 Å². The molecule has 2 aromatic rings. The van der Waals surface area contributed by atoms with Gasteiger partial charge in [0, 0.05) is 23.2 Å². The van der Waals surface area contributed by atoms with Crippen molar-refractivity contribution in [2.75, 3.05) is 11.4 Å². The van der Waals surface area contributed by atoms with Gasteiger partial charge in [-0.05, 0) is 36.2 Å². The van der Waals surface area contributed by atoms with Gasteiger partial charge in [0.15, 0.2) is 0 Å². The van der Waals surface area contributed by atoms with Crippen LogP contribution < -0.4 is 4.90 Å². The first-order valence-corrected chi connectivity index (χ1v) is 7.73. The maximum Gasteiger partial charge on any atom is 0.0640 e. The lowest BCUT2D eigenvalue weighted by atomic mass is 10.1. The molecule has 0 amide bonds. The summed E-state index contributed by atoms with van der Waals surface area (Å²) in [5.41, 5.74) is 4.77. The second kappa shape index (κ2) is 7.12. The van der Waals surface area contributed by atoms with E-state index in [1.807, 2.05) is 18.2 Å². The Morgan fingerprint density at radius 1 is 1.15 bits per heavy atom. The Morgan fingerprint density at radius 3 is 2.50 bits per heavy atom. The summed E-state index contributed by atoms with van der Waals surface area (Å²) in [6.07, 6.45) is 0.508. The Balaban J connectivity index is 2.39. The molecule has 2 nitrogen and oxygen atoms in total. The molecule has 0 aliphatic rings. The molecule has 0 aliphatic heterocycles. The van der Waals surface area contributed by atoms with Gasteiger partial charge in [-0.25, -0.2) is 0 Å². The van der Waals surface area contributed by atoms with E-state index in [1.54, 1.807) is 0 Å². The highest BCUT2D eigenvalue weighted by Crippen LogP contribution is 2.29. The number of hydrogen-bond donors (Lipinski definition) is 0. The fraction of sp³-hybridized carbons (Fsp3) is 0.235. The number of nitrogens with zero attached hydrogens (tertiary/aromatic N) is 2. The fourth-order valence-corrected chi connectivity index (χ4v) is 2.61. The van der Waals surface area contributed by atoms with Gasteiger partial charge in [-0.3, -0.25) is 0 Å². The normalized spacial score (nSPS) is 10.1. The predicted molar refractivity (Wildman–Crippen MR) is 87.5 cm³/mol. The van der Waals surface area contributed by atoms with E-state index in [2.05, 4.69) is 64.2 Å². The van der Waals surface area contributed by atoms with Gasteiger partial charge >= 0.3 is 0 Å². The summed E-state index contributed by atoms with van der Waals surface area (Å²) in [6, 6.07) is 18.9. The van der Waals surface area contributed by atoms with Crippen LogP contribution >= 0.6 is 15.9 Å². The summed E-state index contributed by atoms with van der Waals surface area (Å²) < 4.78 is 0. The van der Waals surface area contributed by atoms with Crippen LogP contribution in [0.25, 0.3) is 0 Å². The lowest BCUT2D eigenvalue weighted by Gasteiger charge is -2.26. The van der Waals surface area contributed by atoms with E-state index in [0.717, 1.165) is 16.7 Å². The molecule has 0 fully saturated rings. The molecule has 0 atom stereocenters. The Morgan fingerprint density at radius 2 is 1.90 bits per heavy atom. The minimum absolute atomic E-state index is 0.508. The number of para-hydroxylation sites is 1. The Kier molecular flexibility index (Phi) is 5.20. The van der Waals surface area contributed by atoms with Crippen LogP contribution in [0.2, 0.25) is 0 Å². The van der Waals surface area contributed by atoms with E-state index in [9.17, 15) is 0 Å². The number of aryl methyl sites for hydroxylation is 1. The molecule has 0 saturated heterocycles. The van der Waals surface area contributed by atoms with Crippen molar-refractivity contribution in [1.82, 2.24) is 0 Å². The molecule has 3 heteroatoms. The fourth-order valence-electron chi connectivity index (χ4n) is 2.26. The maximum absolute atomic E-state index is 8.88. The summed E-state index contributed by atoms with van der Waals surface area (Å²) >= 11 is 3.48. The van der Waals surface area contributed by atoms with Crippen LogP contribution in [-0.2, 0) is 5.33 Å². The lowest BCUT2D eigenvalue weighted by Crippen LogP contribution is -2.19. The summed E-state index contributed by atoms with van der Waals surface area (Å²) in [5, 5.41) is 9.74. The minimum Gasteiger partial charge on any atom is -0.340 e. The number of anilines is 2. The van der Waals surface area contributed by atoms with Gasteiger partial charge in [0.2, 0.25) is 0 Å². The molecular weight excluding hydrogens is 312 g/mol. The second-order valence-electron chi connectivity index (χ2n) is 4.65. The van der Waals surface area contributed by atoms with E-state index in [-0.39, 0.29) is 0 Å². The number of alkyl halides is 1. The SMILES string of the molecule is Cc1cc(CBr)ccc1N(CCC#N)c1ccccc1. The Hall–Kier alpha value is -1.79. The molecular formula is C17H17BrN2. The molecule has 2 aromatic carbocycles. The van der Waals surface area contributed by atoms with Gasteiger partial charge in [0.1, 0.15) is 0 Å². The average Bonchev–Trinajstić information content (AvgIpc) is 2.50. The van der Waals surface area contributed by atoms with Gasteiger partial charge < -0.3 is 4.90 Å². The van der Waals surface area contributed by atoms with Gasteiger partial charge in [0.05, 0.1) is 12.5 Å². The van der Waals surface area contributed by atoms with Crippen molar-refractivity contribution >= 4 is 27.3 Å². The number of benzene rings is 2. The van der Waals surface area contributed by atoms with Crippen molar-refractivity contribution in [2.45, 2.75) is 18.7 Å². The summed E-state index contributed by atoms with van der Waals surface area (Å²) in [4.78, 5) is 2.20. The molecule has 0 unspecified atom stereocenters. The van der Waals surface area contributed by atoms with E-state index in [1.165, 1.54) is 11.1 Å². The summed E-state index contributed by atoms with van der Waals surface area (Å²) in [6.45, 7) is 2.82. The predicted octanol–water partition coefficient (Wildman–Crippen LogP) is 4.94. The van der Waals surface area contributed by atoms with Crippen molar-refractivity contribution in [3.05, 3.63) is 59.7 Å². The zero-order valence-electron chi connectivity index (χ0n) is 11.5. The van der Waals surface area contributed by atoms with Crippen molar-refractivity contribution in [3.8, 4) is 6.07 Å². The van der Waals surface area contributed by atoms with E-state index in [0.29, 0.717) is 13.0 Å². The van der Waals surface area contributed by atoms with Crippen molar-refractivity contribution in [3.63, 3.8) is 0 Å². The smallest absolute Gasteiger partial charge is 0.0640 e. The van der Waals surface area contributed by atoms with Gasteiger partial charge in [-0.2, -0.15) is 5.26 Å². The van der Waals surface area contributed by atoms with Crippen LogP contribution in [0.5, 0.6) is 0 Å². The van der Waals surface area contributed by atoms with Gasteiger partial charge in [-0.15, -0.1) is 0 Å². The van der Waals surface area contributed by atoms with Crippen molar-refractivity contribution < 1.29 is 0 Å². The zero-order valence-corrected chi connectivity index (χ0v) is 13.1. The van der Waals surface area contributed by atoms with Gasteiger partial charge in [0.25, 0.3) is 0 Å². The van der Waals surface area contributed by atoms with Crippen LogP contribution in [0.3, 0.4) is 0 Å². The highest BCUT2D eigenvalue weighted by atomic mass is 79.9. The number of halogens is 1. The lowest BCUT2D eigenvalue weighted by molar-refractivity contribution is 0.942. The van der Waals surface area contributed by atoms with Crippen LogP contribution in [-0.4, -0.2) is 6.54 Å². The Bertz CT molecular complexity index is 602. The molecule has 0 N–H and O–H groups in total. The van der Waals surface area contributed by atoms with Crippen LogP contribution in [0.1, 0.15) is 17.5 Å². The average molecular weight is 329 g/mol. The third kappa shape index (κ3) is 3.40. The first kappa shape index (κ1) is 14.6. The number of rotatable bonds is 5. The molecule has 0 spiro atoms. The van der Waals surface area contributed by atoms with Crippen LogP contribution in [0.4, 0.5) is 11.4 Å². The molecule has 0 bridgehead atoms. The Labute approximate surface area is 128 Å². The standard InChI is InChI=1S/C17H17BrN2/c1-14-12-15(13-18)8-9-17(14)20(11-5-10-19)16-6-3-2-4-7-16/h2-4,6-9,12H,5,11,13H2,1H3. The van der Waals surface area contributed by atoms with Gasteiger partial charge in [-0.1, -0.05) is 46.3 Å². The van der Waals surface area contributed by atoms with E-state index in [4.69, 9.17) is 5.26 Å². The molecule has 0 aliphatic carbocycles. The molecule has 0 heterocycles. The molecule has 0 saturated carbocycles. The van der Waals surface area contributed by atoms with Crippen LogP contribution in [0.15, 0.2) is 48.5 Å². The summed E-state index contributed by atoms with van der Waals surface area (Å²) in [7, 11) is 0. The zero-order chi connectivity index (χ0) is 14.4. The molecule has 0 radical (unpaired) electrons. The quantitative estimate of drug-likeness (QED) is 0.726. The third-order valence-electron chi connectivity index (χ3n) is 3.22. The molecule has 102 valence electrons. The third-order valence-corrected chi connectivity index (χ3v) is 3.87. The molecule has 0 aromatic heterocycles. The topological polar surface area (TPSA) is 27.0 Å². The first-order valence-electron chi connectivity index (χ1n) is 6.61. The van der Waals surface area contributed by atoms with E-state index < -0.39 is 0 Å². The minimum atomic E-state index is 0.508. The maximum atomic E-state index is 8.88. The number of hydrogen-bond acceptors (Lipinski definition) is 2. The molecule has 2 rings (SSSR count). The highest BCUT2D eigenvalue weighted by molar-refractivity contribution is 9.08.